The van der Waals surface area contributed by atoms with Crippen molar-refractivity contribution in [1.82, 2.24) is 14.5 Å². The molecule has 1 fully saturated rings. The lowest BCUT2D eigenvalue weighted by molar-refractivity contribution is 0.103. The number of nitrogens with one attached hydrogen (secondary N) is 1. The van der Waals surface area contributed by atoms with Crippen molar-refractivity contribution in [3.63, 3.8) is 0 Å². The molecule has 1 aliphatic carbocycles. The second-order valence-electron chi connectivity index (χ2n) is 8.31. The Labute approximate surface area is 218 Å². The Hall–Kier alpha value is -2.19. The molecule has 9 nitrogen and oxygen atoms in total. The molecule has 0 saturated heterocycles. The van der Waals surface area contributed by atoms with Crippen LogP contribution in [0, 0.1) is 5.92 Å². The highest BCUT2D eigenvalue weighted by molar-refractivity contribution is 9.10. The first-order chi connectivity index (χ1) is 16.6. The number of hydrogen-bond acceptors (Lipinski definition) is 7. The summed E-state index contributed by atoms with van der Waals surface area (Å²) in [5.74, 6) is -0.448. The van der Waals surface area contributed by atoms with Crippen LogP contribution in [0.25, 0.3) is 0 Å². The quantitative estimate of drug-likeness (QED) is 0.344. The zero-order valence-electron chi connectivity index (χ0n) is 18.3. The molecule has 3 unspecified atom stereocenters. The molecule has 1 aromatic carbocycles. The van der Waals surface area contributed by atoms with Crippen LogP contribution >= 0.6 is 31.9 Å². The van der Waals surface area contributed by atoms with Crippen molar-refractivity contribution in [2.75, 3.05) is 11.9 Å². The van der Waals surface area contributed by atoms with Crippen LogP contribution in [0.3, 0.4) is 0 Å². The molecular weight excluding hydrogens is 609 g/mol. The molecule has 0 aliphatic heterocycles. The molecule has 3 atom stereocenters. The van der Waals surface area contributed by atoms with E-state index in [-0.39, 0.29) is 36.1 Å². The Kier molecular flexibility index (Phi) is 8.01. The van der Waals surface area contributed by atoms with Gasteiger partial charge in [-0.3, -0.25) is 8.98 Å². The van der Waals surface area contributed by atoms with Gasteiger partial charge in [-0.05, 0) is 58.5 Å². The van der Waals surface area contributed by atoms with Gasteiger partial charge in [0.25, 0.3) is 0 Å². The lowest BCUT2D eigenvalue weighted by Crippen LogP contribution is -2.27. The first-order valence-electron chi connectivity index (χ1n) is 10.6. The minimum Gasteiger partial charge on any atom is -0.364 e. The largest absolute Gasteiger partial charge is 0.364 e. The van der Waals surface area contributed by atoms with E-state index in [0.717, 1.165) is 14.6 Å². The molecule has 0 radical (unpaired) electrons. The van der Waals surface area contributed by atoms with E-state index in [4.69, 9.17) is 5.14 Å². The van der Waals surface area contributed by atoms with E-state index >= 15 is 0 Å². The van der Waals surface area contributed by atoms with Gasteiger partial charge in [0.1, 0.15) is 18.3 Å². The number of rotatable bonds is 9. The minimum atomic E-state index is -4.09. The number of benzene rings is 1. The molecule has 2 heterocycles. The highest BCUT2D eigenvalue weighted by atomic mass is 79.9. The van der Waals surface area contributed by atoms with E-state index in [0.29, 0.717) is 18.5 Å². The van der Waals surface area contributed by atoms with Crippen molar-refractivity contribution in [2.24, 2.45) is 11.1 Å². The van der Waals surface area contributed by atoms with Crippen LogP contribution in [0.2, 0.25) is 0 Å². The summed E-state index contributed by atoms with van der Waals surface area (Å²) in [6, 6.07) is 8.91. The van der Waals surface area contributed by atoms with Gasteiger partial charge in [0.15, 0.2) is 5.78 Å². The molecule has 0 amide bonds. The molecule has 186 valence electrons. The summed E-state index contributed by atoms with van der Waals surface area (Å²) in [5, 5.41) is 7.85. The molecule has 3 N–H and O–H groups in total. The molecule has 2 aromatic heterocycles. The molecule has 35 heavy (non-hydrogen) atoms. The summed E-state index contributed by atoms with van der Waals surface area (Å²) in [6.45, 7) is 0.351. The molecule has 1 aliphatic rings. The third kappa shape index (κ3) is 6.73. The van der Waals surface area contributed by atoms with Crippen LogP contribution in [-0.4, -0.2) is 47.6 Å². The molecule has 4 rings (SSSR count). The van der Waals surface area contributed by atoms with Crippen LogP contribution < -0.4 is 10.5 Å². The smallest absolute Gasteiger partial charge is 0.333 e. The third-order valence-corrected chi connectivity index (χ3v) is 7.32. The molecular formula is C22H22Br2FN5O4S. The number of anilines is 1. The Balaban J connectivity index is 1.49. The highest BCUT2D eigenvalue weighted by Crippen LogP contribution is 2.32. The van der Waals surface area contributed by atoms with Crippen molar-refractivity contribution in [1.29, 1.82) is 0 Å². The van der Waals surface area contributed by atoms with E-state index < -0.39 is 22.5 Å². The number of alkyl halides is 1. The number of carbonyl (C=O) groups is 1. The summed E-state index contributed by atoms with van der Waals surface area (Å²) >= 11 is 6.97. The number of aromatic nitrogens is 3. The van der Waals surface area contributed by atoms with Gasteiger partial charge in [0.05, 0.1) is 22.8 Å². The van der Waals surface area contributed by atoms with Crippen molar-refractivity contribution in [3.05, 3.63) is 74.8 Å². The minimum absolute atomic E-state index is 0.104. The van der Waals surface area contributed by atoms with E-state index in [1.807, 2.05) is 28.8 Å². The second-order valence-corrected chi connectivity index (χ2v) is 11.3. The maximum Gasteiger partial charge on any atom is 0.333 e. The van der Waals surface area contributed by atoms with E-state index in [9.17, 15) is 17.6 Å². The predicted octanol–water partition coefficient (Wildman–Crippen LogP) is 3.83. The van der Waals surface area contributed by atoms with Gasteiger partial charge < -0.3 is 9.88 Å². The van der Waals surface area contributed by atoms with Crippen molar-refractivity contribution >= 4 is 53.8 Å². The molecule has 13 heteroatoms. The highest BCUT2D eigenvalue weighted by Gasteiger charge is 2.36. The van der Waals surface area contributed by atoms with Gasteiger partial charge in [0, 0.05) is 29.0 Å². The maximum atomic E-state index is 14.7. The Morgan fingerprint density at radius 3 is 2.83 bits per heavy atom. The van der Waals surface area contributed by atoms with Crippen molar-refractivity contribution in [3.8, 4) is 0 Å². The van der Waals surface area contributed by atoms with Crippen molar-refractivity contribution in [2.45, 2.75) is 31.6 Å². The molecule has 0 bridgehead atoms. The van der Waals surface area contributed by atoms with E-state index in [1.165, 1.54) is 12.5 Å². The topological polar surface area (TPSA) is 129 Å². The fourth-order valence-corrected chi connectivity index (χ4v) is 5.36. The summed E-state index contributed by atoms with van der Waals surface area (Å²) in [6.07, 6.45) is 3.52. The third-order valence-electron chi connectivity index (χ3n) is 5.68. The number of nitrogens with two attached hydrogens (primary N) is 1. The fraction of sp³-hybridized carbons (Fsp3) is 0.318. The summed E-state index contributed by atoms with van der Waals surface area (Å²) < 4.78 is 44.9. The van der Waals surface area contributed by atoms with Gasteiger partial charge in [-0.1, -0.05) is 28.1 Å². The van der Waals surface area contributed by atoms with Gasteiger partial charge in [-0.15, -0.1) is 0 Å². The SMILES string of the molecule is NS(=O)(=O)OCC1CC(F)C(Nc2ncncc2C(=O)c2cc(Br)n(Cc3cccc(Br)c3)c2)C1. The molecule has 3 aromatic rings. The first kappa shape index (κ1) is 25.9. The van der Waals surface area contributed by atoms with Crippen LogP contribution in [0.15, 0.2) is 58.1 Å². The summed E-state index contributed by atoms with van der Waals surface area (Å²) in [7, 11) is -4.09. The first-order valence-corrected chi connectivity index (χ1v) is 13.7. The Morgan fingerprint density at radius 1 is 1.29 bits per heavy atom. The summed E-state index contributed by atoms with van der Waals surface area (Å²) in [4.78, 5) is 21.4. The zero-order chi connectivity index (χ0) is 25.2. The second kappa shape index (κ2) is 10.8. The number of nitrogens with zero attached hydrogens (tertiary/aromatic N) is 3. The normalized spacial score (nSPS) is 20.2. The van der Waals surface area contributed by atoms with E-state index in [2.05, 4.69) is 51.3 Å². The summed E-state index contributed by atoms with van der Waals surface area (Å²) in [5.41, 5.74) is 1.68. The fourth-order valence-electron chi connectivity index (χ4n) is 4.06. The van der Waals surface area contributed by atoms with Gasteiger partial charge in [-0.2, -0.15) is 8.42 Å². The van der Waals surface area contributed by atoms with E-state index in [1.54, 1.807) is 12.3 Å². The molecule has 0 spiro atoms. The standard InChI is InChI=1S/C22H22Br2FN5O4S/c23-16-3-1-2-13(4-16)9-30-10-15(7-20(30)24)21(31)17-8-27-12-28-22(17)29-19-6-14(5-18(19)25)11-34-35(26,32)33/h1-4,7-8,10,12,14,18-19H,5-6,9,11H2,(H2,26,32,33)(H,27,28,29). The lowest BCUT2D eigenvalue weighted by atomic mass is 10.1. The number of carbonyl (C=O) groups excluding carboxylic acids is 1. The van der Waals surface area contributed by atoms with Crippen molar-refractivity contribution < 1.29 is 21.8 Å². The Bertz CT molecular complexity index is 1340. The average Bonchev–Trinajstić information content (AvgIpc) is 3.34. The molecule has 1 saturated carbocycles. The predicted molar refractivity (Wildman–Crippen MR) is 135 cm³/mol. The maximum absolute atomic E-state index is 14.7. The van der Waals surface area contributed by atoms with Gasteiger partial charge >= 0.3 is 10.3 Å². The van der Waals surface area contributed by atoms with Crippen LogP contribution in [0.4, 0.5) is 10.2 Å². The van der Waals surface area contributed by atoms with Gasteiger partial charge in [-0.25, -0.2) is 19.5 Å². The van der Waals surface area contributed by atoms with Crippen LogP contribution in [0.5, 0.6) is 0 Å². The number of halogens is 3. The number of hydrogen-bond donors (Lipinski definition) is 2. The Morgan fingerprint density at radius 2 is 2.09 bits per heavy atom. The van der Waals surface area contributed by atoms with Crippen LogP contribution in [-0.2, 0) is 21.0 Å². The lowest BCUT2D eigenvalue weighted by Gasteiger charge is -2.17. The van der Waals surface area contributed by atoms with Crippen LogP contribution in [0.1, 0.15) is 34.3 Å². The zero-order valence-corrected chi connectivity index (χ0v) is 22.3. The monoisotopic (exact) mass is 629 g/mol. The van der Waals surface area contributed by atoms with Gasteiger partial charge in [0.2, 0.25) is 0 Å². The average molecular weight is 631 g/mol. The number of ketones is 1.